The number of hydrogen-bond donors (Lipinski definition) is 1. The van der Waals surface area contributed by atoms with E-state index < -0.39 is 5.97 Å². The second kappa shape index (κ2) is 9.78. The molecule has 0 spiro atoms. The molecule has 1 N–H and O–H groups in total. The summed E-state index contributed by atoms with van der Waals surface area (Å²) in [4.78, 5) is 25.1. The van der Waals surface area contributed by atoms with Gasteiger partial charge < -0.3 is 14.6 Å². The maximum absolute atomic E-state index is 13.2. The van der Waals surface area contributed by atoms with Crippen LogP contribution in [0.15, 0.2) is 51.5 Å². The summed E-state index contributed by atoms with van der Waals surface area (Å²) in [6, 6.07) is 9.86. The molecule has 0 bridgehead atoms. The molecule has 1 aliphatic heterocycles. The minimum Gasteiger partial charge on any atom is -0.504 e. The summed E-state index contributed by atoms with van der Waals surface area (Å²) in [7, 11) is 1.46. The van der Waals surface area contributed by atoms with Gasteiger partial charge >= 0.3 is 5.97 Å². The Morgan fingerprint density at radius 3 is 2.55 bits per heavy atom. The summed E-state index contributed by atoms with van der Waals surface area (Å²) in [5, 5.41) is 16.3. The normalized spacial score (nSPS) is 14.7. The van der Waals surface area contributed by atoms with Crippen LogP contribution in [0.1, 0.15) is 42.6 Å². The number of hydrogen-bond acceptors (Lipinski definition) is 6. The number of nitrogens with zero attached hydrogens (tertiary/aromatic N) is 2. The second-order valence-corrected chi connectivity index (χ2v) is 7.70. The van der Waals surface area contributed by atoms with Gasteiger partial charge in [-0.05, 0) is 55.8 Å². The Morgan fingerprint density at radius 1 is 1.23 bits per heavy atom. The molecule has 0 aromatic heterocycles. The van der Waals surface area contributed by atoms with Crippen molar-refractivity contribution in [1.29, 1.82) is 0 Å². The highest BCUT2D eigenvalue weighted by atomic mass is 79.9. The van der Waals surface area contributed by atoms with Gasteiger partial charge in [-0.1, -0.05) is 29.3 Å². The van der Waals surface area contributed by atoms with E-state index in [1.807, 2.05) is 6.92 Å². The first-order valence-electron chi connectivity index (χ1n) is 9.87. The van der Waals surface area contributed by atoms with Gasteiger partial charge in [-0.25, -0.2) is 4.79 Å². The van der Waals surface area contributed by atoms with Crippen LogP contribution < -0.4 is 9.75 Å². The lowest BCUT2D eigenvalue weighted by atomic mass is 10.0. The molecule has 0 saturated carbocycles. The van der Waals surface area contributed by atoms with Crippen LogP contribution in [0.25, 0.3) is 6.08 Å². The zero-order valence-electron chi connectivity index (χ0n) is 17.5. The number of amides is 1. The lowest BCUT2D eigenvalue weighted by Gasteiger charge is -2.12. The molecule has 0 atom stereocenters. The van der Waals surface area contributed by atoms with E-state index in [4.69, 9.17) is 9.47 Å². The van der Waals surface area contributed by atoms with Crippen molar-refractivity contribution in [3.63, 3.8) is 0 Å². The smallest absolute Gasteiger partial charge is 0.338 e. The largest absolute Gasteiger partial charge is 0.504 e. The topological polar surface area (TPSA) is 88.4 Å². The summed E-state index contributed by atoms with van der Waals surface area (Å²) in [5.41, 5.74) is 2.40. The number of ether oxygens (including phenoxy) is 2. The first kappa shape index (κ1) is 22.6. The van der Waals surface area contributed by atoms with Crippen LogP contribution in [-0.2, 0) is 9.53 Å². The molecule has 8 heteroatoms. The van der Waals surface area contributed by atoms with E-state index in [9.17, 15) is 14.7 Å². The quantitative estimate of drug-likeness (QED) is 0.442. The molecule has 0 saturated heterocycles. The van der Waals surface area contributed by atoms with E-state index in [1.165, 1.54) is 12.1 Å². The van der Waals surface area contributed by atoms with Gasteiger partial charge in [-0.2, -0.15) is 10.1 Å². The molecule has 31 heavy (non-hydrogen) atoms. The first-order valence-corrected chi connectivity index (χ1v) is 10.7. The Kier molecular flexibility index (Phi) is 7.12. The minimum absolute atomic E-state index is 0.0564. The Morgan fingerprint density at radius 2 is 1.94 bits per heavy atom. The number of anilines is 1. The predicted octanol–water partition coefficient (Wildman–Crippen LogP) is 4.93. The summed E-state index contributed by atoms with van der Waals surface area (Å²) in [5.74, 6) is -0.492. The molecule has 0 radical (unpaired) electrons. The van der Waals surface area contributed by atoms with Crippen LogP contribution in [0.5, 0.6) is 11.5 Å². The van der Waals surface area contributed by atoms with Crippen LogP contribution in [-0.4, -0.2) is 36.4 Å². The number of methoxy groups -OCH3 is 1. The standard InChI is InChI=1S/C23H23BrN2O5/c1-4-6-19-18(12-15-11-16(24)13-20(30-3)21(15)27)22(28)26(25-19)17-9-7-14(8-10-17)23(29)31-5-2/h7-13,27H,4-6H2,1-3H3/b18-12+. The molecular weight excluding hydrogens is 464 g/mol. The van der Waals surface area contributed by atoms with E-state index in [-0.39, 0.29) is 18.3 Å². The molecule has 1 amide bonds. The van der Waals surface area contributed by atoms with Crippen molar-refractivity contribution in [2.45, 2.75) is 26.7 Å². The molecular formula is C23H23BrN2O5. The fraction of sp³-hybridized carbons (Fsp3) is 0.261. The number of phenolic OH excluding ortho intramolecular Hbond substituents is 1. The van der Waals surface area contributed by atoms with Gasteiger partial charge in [0.05, 0.1) is 36.3 Å². The Bertz CT molecular complexity index is 1060. The zero-order chi connectivity index (χ0) is 22.5. The number of hydrazone groups is 1. The van der Waals surface area contributed by atoms with Gasteiger partial charge in [0.15, 0.2) is 11.5 Å². The third-order valence-corrected chi connectivity index (χ3v) is 5.11. The second-order valence-electron chi connectivity index (χ2n) is 6.78. The molecule has 162 valence electrons. The highest BCUT2D eigenvalue weighted by molar-refractivity contribution is 9.10. The lowest BCUT2D eigenvalue weighted by Crippen LogP contribution is -2.21. The fourth-order valence-corrected chi connectivity index (χ4v) is 3.62. The highest BCUT2D eigenvalue weighted by Gasteiger charge is 2.31. The number of carbonyl (C=O) groups excluding carboxylic acids is 2. The number of aromatic hydroxyl groups is 1. The van der Waals surface area contributed by atoms with E-state index in [1.54, 1.807) is 49.4 Å². The van der Waals surface area contributed by atoms with Gasteiger partial charge in [0, 0.05) is 10.0 Å². The van der Waals surface area contributed by atoms with Gasteiger partial charge in [-0.15, -0.1) is 0 Å². The third kappa shape index (κ3) is 4.80. The Hall–Kier alpha value is -3.13. The number of esters is 1. The molecule has 1 aliphatic rings. The SMILES string of the molecule is CCCC1=NN(c2ccc(C(=O)OCC)cc2)C(=O)/C1=C/c1cc(Br)cc(OC)c1O. The van der Waals surface area contributed by atoms with Gasteiger partial charge in [0.1, 0.15) is 0 Å². The molecule has 0 aliphatic carbocycles. The van der Waals surface area contributed by atoms with Crippen molar-refractivity contribution in [2.75, 3.05) is 18.7 Å². The molecule has 0 unspecified atom stereocenters. The zero-order valence-corrected chi connectivity index (χ0v) is 19.1. The first-order chi connectivity index (χ1) is 14.9. The van der Waals surface area contributed by atoms with Crippen LogP contribution >= 0.6 is 15.9 Å². The minimum atomic E-state index is -0.420. The lowest BCUT2D eigenvalue weighted by molar-refractivity contribution is -0.114. The van der Waals surface area contributed by atoms with E-state index in [0.717, 1.165) is 6.42 Å². The Labute approximate surface area is 189 Å². The molecule has 0 fully saturated rings. The number of halogens is 1. The van der Waals surface area contributed by atoms with Crippen LogP contribution in [0.4, 0.5) is 5.69 Å². The van der Waals surface area contributed by atoms with E-state index in [0.29, 0.717) is 44.7 Å². The summed E-state index contributed by atoms with van der Waals surface area (Å²) in [6.07, 6.45) is 3.01. The van der Waals surface area contributed by atoms with Gasteiger partial charge in [-0.3, -0.25) is 4.79 Å². The van der Waals surface area contributed by atoms with Crippen molar-refractivity contribution in [3.05, 3.63) is 57.6 Å². The Balaban J connectivity index is 1.97. The monoisotopic (exact) mass is 486 g/mol. The molecule has 2 aromatic rings. The number of phenols is 1. The average molecular weight is 487 g/mol. The fourth-order valence-electron chi connectivity index (χ4n) is 3.17. The molecule has 2 aromatic carbocycles. The maximum atomic E-state index is 13.2. The number of rotatable bonds is 7. The third-order valence-electron chi connectivity index (χ3n) is 4.65. The van der Waals surface area contributed by atoms with Crippen molar-refractivity contribution in [1.82, 2.24) is 0 Å². The highest BCUT2D eigenvalue weighted by Crippen LogP contribution is 2.36. The van der Waals surface area contributed by atoms with Gasteiger partial charge in [0.25, 0.3) is 5.91 Å². The van der Waals surface area contributed by atoms with E-state index >= 15 is 0 Å². The predicted molar refractivity (Wildman–Crippen MR) is 123 cm³/mol. The summed E-state index contributed by atoms with van der Waals surface area (Å²) < 4.78 is 10.9. The number of carbonyl (C=O) groups is 2. The van der Waals surface area contributed by atoms with Gasteiger partial charge in [0.2, 0.25) is 0 Å². The van der Waals surface area contributed by atoms with Crippen LogP contribution in [0.2, 0.25) is 0 Å². The van der Waals surface area contributed by atoms with Crippen molar-refractivity contribution in [2.24, 2.45) is 5.10 Å². The maximum Gasteiger partial charge on any atom is 0.338 e. The van der Waals surface area contributed by atoms with E-state index in [2.05, 4.69) is 21.0 Å². The molecule has 3 rings (SSSR count). The number of benzene rings is 2. The summed E-state index contributed by atoms with van der Waals surface area (Å²) in [6.45, 7) is 4.03. The van der Waals surface area contributed by atoms with Crippen LogP contribution in [0.3, 0.4) is 0 Å². The van der Waals surface area contributed by atoms with Crippen molar-refractivity contribution < 1.29 is 24.2 Å². The van der Waals surface area contributed by atoms with Crippen molar-refractivity contribution >= 4 is 45.3 Å². The average Bonchev–Trinajstić information content (AvgIpc) is 3.06. The van der Waals surface area contributed by atoms with Crippen molar-refractivity contribution in [3.8, 4) is 11.5 Å². The molecule has 7 nitrogen and oxygen atoms in total. The summed E-state index contributed by atoms with van der Waals surface area (Å²) >= 11 is 3.39. The molecule has 1 heterocycles. The van der Waals surface area contributed by atoms with Crippen LogP contribution in [0, 0.1) is 0 Å².